The zero-order valence-corrected chi connectivity index (χ0v) is 10.0. The Morgan fingerprint density at radius 2 is 1.88 bits per heavy atom. The number of ether oxygens (including phenoxy) is 1. The van der Waals surface area contributed by atoms with Gasteiger partial charge in [-0.2, -0.15) is 0 Å². The number of hydrogen-bond acceptors (Lipinski definition) is 1. The summed E-state index contributed by atoms with van der Waals surface area (Å²) in [6.45, 7) is 3.69. The fourth-order valence-corrected chi connectivity index (χ4v) is 2.51. The Balaban J connectivity index is 2.08. The van der Waals surface area contributed by atoms with Gasteiger partial charge in [-0.1, -0.05) is 54.1 Å². The van der Waals surface area contributed by atoms with Crippen molar-refractivity contribution >= 4 is 0 Å². The molecule has 0 saturated carbocycles. The molecule has 0 radical (unpaired) electrons. The van der Waals surface area contributed by atoms with Gasteiger partial charge in [-0.15, -0.1) is 0 Å². The first-order chi connectivity index (χ1) is 8.34. The Bertz CT molecular complexity index is 516. The van der Waals surface area contributed by atoms with Gasteiger partial charge >= 0.3 is 0 Å². The summed E-state index contributed by atoms with van der Waals surface area (Å²) in [7, 11) is 0. The van der Waals surface area contributed by atoms with E-state index in [9.17, 15) is 0 Å². The van der Waals surface area contributed by atoms with Gasteiger partial charge in [-0.3, -0.25) is 0 Å². The third-order valence-electron chi connectivity index (χ3n) is 3.42. The fraction of sp³-hybridized carbons (Fsp3) is 0.250. The molecule has 0 saturated heterocycles. The lowest BCUT2D eigenvalue weighted by molar-refractivity contribution is 0.0994. The van der Waals surface area contributed by atoms with Crippen molar-refractivity contribution in [2.75, 3.05) is 6.61 Å². The van der Waals surface area contributed by atoms with Crippen molar-refractivity contribution in [1.29, 1.82) is 0 Å². The first-order valence-electron chi connectivity index (χ1n) is 6.07. The molecular weight excluding hydrogens is 208 g/mol. The van der Waals surface area contributed by atoms with Gasteiger partial charge < -0.3 is 4.74 Å². The van der Waals surface area contributed by atoms with E-state index in [-0.39, 0.29) is 0 Å². The summed E-state index contributed by atoms with van der Waals surface area (Å²) in [6, 6.07) is 17.3. The van der Waals surface area contributed by atoms with Crippen LogP contribution in [0.3, 0.4) is 0 Å². The van der Waals surface area contributed by atoms with Crippen LogP contribution in [0.5, 0.6) is 0 Å². The highest BCUT2D eigenvalue weighted by atomic mass is 16.5. The molecule has 3 rings (SSSR count). The maximum atomic E-state index is 5.70. The molecule has 1 heterocycles. The molecule has 2 aromatic rings. The van der Waals surface area contributed by atoms with Crippen LogP contribution in [0.15, 0.2) is 48.5 Å². The molecule has 17 heavy (non-hydrogen) atoms. The molecule has 1 nitrogen and oxygen atoms in total. The molecule has 0 amide bonds. The summed E-state index contributed by atoms with van der Waals surface area (Å²) in [6.07, 6.45) is 0. The first-order valence-corrected chi connectivity index (χ1v) is 6.07. The van der Waals surface area contributed by atoms with Crippen LogP contribution in [0.2, 0.25) is 0 Å². The molecule has 1 unspecified atom stereocenters. The molecule has 0 aromatic heterocycles. The van der Waals surface area contributed by atoms with Crippen LogP contribution in [-0.4, -0.2) is 6.61 Å². The number of hydrogen-bond donors (Lipinski definition) is 0. The quantitative estimate of drug-likeness (QED) is 0.718. The minimum absolute atomic E-state index is 0.389. The van der Waals surface area contributed by atoms with Crippen LogP contribution in [0.25, 0.3) is 0 Å². The van der Waals surface area contributed by atoms with Gasteiger partial charge in [0, 0.05) is 5.92 Å². The smallest absolute Gasteiger partial charge is 0.0720 e. The predicted octanol–water partition coefficient (Wildman–Crippen LogP) is 3.66. The van der Waals surface area contributed by atoms with E-state index in [1.165, 1.54) is 22.3 Å². The highest BCUT2D eigenvalue weighted by Crippen LogP contribution is 2.32. The molecule has 1 atom stereocenters. The van der Waals surface area contributed by atoms with Crippen molar-refractivity contribution in [3.8, 4) is 0 Å². The first kappa shape index (κ1) is 10.5. The number of rotatable bonds is 1. The van der Waals surface area contributed by atoms with Gasteiger partial charge in [0.2, 0.25) is 0 Å². The SMILES string of the molecule is Cc1ccc2c(c1)C(c1ccccc1)COC2. The van der Waals surface area contributed by atoms with Gasteiger partial charge in [0.25, 0.3) is 0 Å². The van der Waals surface area contributed by atoms with Crippen molar-refractivity contribution in [3.63, 3.8) is 0 Å². The Labute approximate surface area is 102 Å². The maximum absolute atomic E-state index is 5.70. The summed E-state index contributed by atoms with van der Waals surface area (Å²) in [5.74, 6) is 0.389. The normalized spacial score (nSPS) is 18.8. The molecule has 1 aliphatic rings. The van der Waals surface area contributed by atoms with Crippen LogP contribution in [0.4, 0.5) is 0 Å². The molecule has 0 bridgehead atoms. The Kier molecular flexibility index (Phi) is 2.69. The lowest BCUT2D eigenvalue weighted by Crippen LogP contribution is -2.17. The van der Waals surface area contributed by atoms with Crippen LogP contribution in [-0.2, 0) is 11.3 Å². The fourth-order valence-electron chi connectivity index (χ4n) is 2.51. The summed E-state index contributed by atoms with van der Waals surface area (Å²) < 4.78 is 5.70. The summed E-state index contributed by atoms with van der Waals surface area (Å²) >= 11 is 0. The van der Waals surface area contributed by atoms with Crippen molar-refractivity contribution in [2.45, 2.75) is 19.4 Å². The molecule has 0 fully saturated rings. The number of benzene rings is 2. The second-order valence-corrected chi connectivity index (χ2v) is 4.68. The number of fused-ring (bicyclic) bond motifs is 1. The molecular formula is C16H16O. The van der Waals surface area contributed by atoms with Crippen molar-refractivity contribution in [1.82, 2.24) is 0 Å². The maximum Gasteiger partial charge on any atom is 0.0720 e. The Morgan fingerprint density at radius 1 is 1.06 bits per heavy atom. The van der Waals surface area contributed by atoms with Crippen molar-refractivity contribution in [3.05, 3.63) is 70.8 Å². The van der Waals surface area contributed by atoms with Crippen LogP contribution in [0, 0.1) is 6.92 Å². The summed E-state index contributed by atoms with van der Waals surface area (Å²) in [5, 5.41) is 0. The second-order valence-electron chi connectivity index (χ2n) is 4.68. The van der Waals surface area contributed by atoms with E-state index < -0.39 is 0 Å². The number of aryl methyl sites for hydroxylation is 1. The van der Waals surface area contributed by atoms with Crippen molar-refractivity contribution < 1.29 is 4.74 Å². The summed E-state index contributed by atoms with van der Waals surface area (Å²) in [5.41, 5.74) is 5.43. The Morgan fingerprint density at radius 3 is 2.71 bits per heavy atom. The van der Waals surface area contributed by atoms with Gasteiger partial charge in [0.15, 0.2) is 0 Å². The second kappa shape index (κ2) is 4.34. The van der Waals surface area contributed by atoms with E-state index in [2.05, 4.69) is 55.5 Å². The average molecular weight is 224 g/mol. The van der Waals surface area contributed by atoms with Gasteiger partial charge in [0.05, 0.1) is 13.2 Å². The third-order valence-corrected chi connectivity index (χ3v) is 3.42. The lowest BCUT2D eigenvalue weighted by Gasteiger charge is -2.26. The average Bonchev–Trinajstić information content (AvgIpc) is 2.39. The largest absolute Gasteiger partial charge is 0.376 e. The molecule has 1 aliphatic heterocycles. The zero-order valence-electron chi connectivity index (χ0n) is 10.0. The van der Waals surface area contributed by atoms with Crippen molar-refractivity contribution in [2.24, 2.45) is 0 Å². The molecule has 0 aliphatic carbocycles. The van der Waals surface area contributed by atoms with E-state index in [1.807, 2.05) is 0 Å². The molecule has 0 N–H and O–H groups in total. The predicted molar refractivity (Wildman–Crippen MR) is 69.1 cm³/mol. The highest BCUT2D eigenvalue weighted by Gasteiger charge is 2.21. The minimum atomic E-state index is 0.389. The topological polar surface area (TPSA) is 9.23 Å². The van der Waals surface area contributed by atoms with Gasteiger partial charge in [0.1, 0.15) is 0 Å². The molecule has 1 heteroatoms. The lowest BCUT2D eigenvalue weighted by atomic mass is 9.86. The summed E-state index contributed by atoms with van der Waals surface area (Å²) in [4.78, 5) is 0. The standard InChI is InChI=1S/C16H16O/c1-12-7-8-14-10-17-11-16(15(14)9-12)13-5-3-2-4-6-13/h2-9,16H,10-11H2,1H3. The molecule has 2 aromatic carbocycles. The highest BCUT2D eigenvalue weighted by molar-refractivity contribution is 5.41. The van der Waals surface area contributed by atoms with Crippen LogP contribution >= 0.6 is 0 Å². The van der Waals surface area contributed by atoms with Gasteiger partial charge in [-0.25, -0.2) is 0 Å². The van der Waals surface area contributed by atoms with E-state index in [4.69, 9.17) is 4.74 Å². The van der Waals surface area contributed by atoms with E-state index in [0.717, 1.165) is 13.2 Å². The van der Waals surface area contributed by atoms with Gasteiger partial charge in [-0.05, 0) is 23.6 Å². The molecule has 0 spiro atoms. The van der Waals surface area contributed by atoms with Crippen LogP contribution < -0.4 is 0 Å². The zero-order chi connectivity index (χ0) is 11.7. The van der Waals surface area contributed by atoms with E-state index >= 15 is 0 Å². The Hall–Kier alpha value is -1.60. The molecule has 86 valence electrons. The van der Waals surface area contributed by atoms with E-state index in [1.54, 1.807) is 0 Å². The minimum Gasteiger partial charge on any atom is -0.376 e. The third kappa shape index (κ3) is 1.98. The van der Waals surface area contributed by atoms with E-state index in [0.29, 0.717) is 5.92 Å². The monoisotopic (exact) mass is 224 g/mol. The van der Waals surface area contributed by atoms with Crippen LogP contribution in [0.1, 0.15) is 28.2 Å².